The predicted octanol–water partition coefficient (Wildman–Crippen LogP) is 7.08. The van der Waals surface area contributed by atoms with E-state index in [-0.39, 0.29) is 11.6 Å². The monoisotopic (exact) mass is 526 g/mol. The lowest BCUT2D eigenvalue weighted by Gasteiger charge is -2.20. The number of carbonyl (C=O) groups excluding carboxylic acids is 1. The maximum atomic E-state index is 13.4. The van der Waals surface area contributed by atoms with Crippen molar-refractivity contribution in [3.63, 3.8) is 0 Å². The Morgan fingerprint density at radius 1 is 0.943 bits per heavy atom. The van der Waals surface area contributed by atoms with Gasteiger partial charge in [0.25, 0.3) is 11.6 Å². The summed E-state index contributed by atoms with van der Waals surface area (Å²) in [5.41, 5.74) is 4.01. The van der Waals surface area contributed by atoms with Gasteiger partial charge in [-0.1, -0.05) is 60.7 Å². The number of non-ortho nitro benzene ring substituents is 1. The van der Waals surface area contributed by atoms with Gasteiger partial charge < -0.3 is 9.32 Å². The van der Waals surface area contributed by atoms with E-state index < -0.39 is 4.92 Å². The van der Waals surface area contributed by atoms with E-state index in [0.29, 0.717) is 33.7 Å². The van der Waals surface area contributed by atoms with Crippen molar-refractivity contribution < 1.29 is 14.1 Å². The number of rotatable bonds is 6. The highest BCUT2D eigenvalue weighted by Gasteiger charge is 2.29. The van der Waals surface area contributed by atoms with Crippen LogP contribution in [0.4, 0.5) is 5.69 Å². The SMILES string of the molecule is O=C1C(=Cc2ccc(-c3ccc([N+](=O)[O-])cc3Br)o2)C=C(c2ccccc2)N1Cc1ccccc1. The first kappa shape index (κ1) is 22.6. The van der Waals surface area contributed by atoms with Crippen molar-refractivity contribution in [3.05, 3.63) is 134 Å². The van der Waals surface area contributed by atoms with Gasteiger partial charge in [-0.3, -0.25) is 14.9 Å². The summed E-state index contributed by atoms with van der Waals surface area (Å²) < 4.78 is 6.53. The van der Waals surface area contributed by atoms with Gasteiger partial charge in [-0.05, 0) is 57.4 Å². The number of carbonyl (C=O) groups is 1. The van der Waals surface area contributed by atoms with Crippen LogP contribution in [-0.4, -0.2) is 15.7 Å². The van der Waals surface area contributed by atoms with E-state index in [9.17, 15) is 14.9 Å². The molecule has 5 rings (SSSR count). The third kappa shape index (κ3) is 4.72. The molecule has 3 aromatic carbocycles. The molecule has 35 heavy (non-hydrogen) atoms. The van der Waals surface area contributed by atoms with Crippen LogP contribution in [0.1, 0.15) is 16.9 Å². The second-order valence-corrected chi connectivity index (χ2v) is 8.85. The molecule has 0 bridgehead atoms. The molecule has 0 spiro atoms. The van der Waals surface area contributed by atoms with Gasteiger partial charge in [-0.25, -0.2) is 0 Å². The fourth-order valence-electron chi connectivity index (χ4n) is 3.97. The topological polar surface area (TPSA) is 76.6 Å². The average Bonchev–Trinajstić information content (AvgIpc) is 3.45. The lowest BCUT2D eigenvalue weighted by atomic mass is 10.1. The van der Waals surface area contributed by atoms with E-state index in [0.717, 1.165) is 16.8 Å². The van der Waals surface area contributed by atoms with Crippen molar-refractivity contribution in [2.75, 3.05) is 0 Å². The minimum Gasteiger partial charge on any atom is -0.457 e. The molecular weight excluding hydrogens is 508 g/mol. The Morgan fingerprint density at radius 2 is 1.66 bits per heavy atom. The number of amides is 1. The van der Waals surface area contributed by atoms with Crippen molar-refractivity contribution in [3.8, 4) is 11.3 Å². The van der Waals surface area contributed by atoms with Crippen molar-refractivity contribution >= 4 is 39.3 Å². The number of furan rings is 1. The van der Waals surface area contributed by atoms with Crippen molar-refractivity contribution in [2.45, 2.75) is 6.54 Å². The van der Waals surface area contributed by atoms with Crippen molar-refractivity contribution in [1.29, 1.82) is 0 Å². The van der Waals surface area contributed by atoms with Crippen molar-refractivity contribution in [2.24, 2.45) is 0 Å². The highest BCUT2D eigenvalue weighted by Crippen LogP contribution is 2.35. The number of benzene rings is 3. The molecular formula is C28H19BrN2O4. The Kier molecular flexibility index (Phi) is 6.16. The first-order valence-electron chi connectivity index (χ1n) is 10.9. The highest BCUT2D eigenvalue weighted by molar-refractivity contribution is 9.10. The molecule has 0 N–H and O–H groups in total. The molecule has 0 aliphatic carbocycles. The minimum absolute atomic E-state index is 0.0110. The van der Waals surface area contributed by atoms with Crippen LogP contribution in [0.2, 0.25) is 0 Å². The Bertz CT molecular complexity index is 1470. The smallest absolute Gasteiger partial charge is 0.270 e. The number of nitro groups is 1. The lowest BCUT2D eigenvalue weighted by molar-refractivity contribution is -0.384. The summed E-state index contributed by atoms with van der Waals surface area (Å²) >= 11 is 3.38. The number of hydrogen-bond acceptors (Lipinski definition) is 4. The van der Waals surface area contributed by atoms with Crippen LogP contribution in [0, 0.1) is 10.1 Å². The van der Waals surface area contributed by atoms with Crippen LogP contribution in [0.3, 0.4) is 0 Å². The van der Waals surface area contributed by atoms with Crippen LogP contribution < -0.4 is 0 Å². The fraction of sp³-hybridized carbons (Fsp3) is 0.0357. The lowest BCUT2D eigenvalue weighted by Crippen LogP contribution is -2.25. The van der Waals surface area contributed by atoms with Crippen LogP contribution in [-0.2, 0) is 11.3 Å². The first-order chi connectivity index (χ1) is 17.0. The molecule has 0 unspecified atom stereocenters. The molecule has 7 heteroatoms. The quantitative estimate of drug-likeness (QED) is 0.153. The van der Waals surface area contributed by atoms with Gasteiger partial charge in [-0.2, -0.15) is 0 Å². The summed E-state index contributed by atoms with van der Waals surface area (Å²) in [6.07, 6.45) is 3.60. The van der Waals surface area contributed by atoms with Gasteiger partial charge in [0.1, 0.15) is 11.5 Å². The summed E-state index contributed by atoms with van der Waals surface area (Å²) in [6.45, 7) is 0.455. The Balaban J connectivity index is 1.48. The summed E-state index contributed by atoms with van der Waals surface area (Å²) in [5.74, 6) is 0.943. The standard InChI is InChI=1S/C28H19BrN2O4/c29-25-17-22(31(33)34)11-13-24(25)27-14-12-23(35-27)15-21-16-26(20-9-5-2-6-10-20)30(28(21)32)18-19-7-3-1-4-8-19/h1-17H,18H2. The molecule has 0 fully saturated rings. The van der Waals surface area contributed by atoms with E-state index in [1.165, 1.54) is 12.1 Å². The molecule has 2 heterocycles. The summed E-state index contributed by atoms with van der Waals surface area (Å²) in [4.78, 5) is 25.8. The second kappa shape index (κ2) is 9.56. The maximum absolute atomic E-state index is 13.4. The second-order valence-electron chi connectivity index (χ2n) is 8.00. The van der Waals surface area contributed by atoms with Crippen LogP contribution in [0.15, 0.2) is 112 Å². The van der Waals surface area contributed by atoms with E-state index in [4.69, 9.17) is 4.42 Å². The van der Waals surface area contributed by atoms with Crippen LogP contribution in [0.25, 0.3) is 23.1 Å². The van der Waals surface area contributed by atoms with Gasteiger partial charge in [0.05, 0.1) is 17.2 Å². The molecule has 0 saturated carbocycles. The average molecular weight is 527 g/mol. The van der Waals surface area contributed by atoms with Gasteiger partial charge in [0.2, 0.25) is 0 Å². The van der Waals surface area contributed by atoms with E-state index in [2.05, 4.69) is 15.9 Å². The molecule has 6 nitrogen and oxygen atoms in total. The van der Waals surface area contributed by atoms with Crippen LogP contribution >= 0.6 is 15.9 Å². The molecule has 1 aromatic heterocycles. The fourth-order valence-corrected chi connectivity index (χ4v) is 4.53. The minimum atomic E-state index is -0.448. The summed E-state index contributed by atoms with van der Waals surface area (Å²) in [7, 11) is 0. The normalized spacial score (nSPS) is 14.4. The molecule has 0 atom stereocenters. The zero-order chi connectivity index (χ0) is 24.4. The molecule has 0 saturated heterocycles. The van der Waals surface area contributed by atoms with E-state index in [1.54, 1.807) is 29.2 Å². The van der Waals surface area contributed by atoms with E-state index >= 15 is 0 Å². The van der Waals surface area contributed by atoms with Gasteiger partial charge >= 0.3 is 0 Å². The first-order valence-corrected chi connectivity index (χ1v) is 11.7. The molecule has 1 amide bonds. The zero-order valence-corrected chi connectivity index (χ0v) is 20.0. The van der Waals surface area contributed by atoms with E-state index in [1.807, 2.05) is 66.7 Å². The molecule has 172 valence electrons. The molecule has 4 aromatic rings. The van der Waals surface area contributed by atoms with Gasteiger partial charge in [0, 0.05) is 27.7 Å². The predicted molar refractivity (Wildman–Crippen MR) is 138 cm³/mol. The number of nitro benzene ring substituents is 1. The molecule has 1 aliphatic rings. The summed E-state index contributed by atoms with van der Waals surface area (Å²) in [6, 6.07) is 27.7. The number of halogens is 1. The highest BCUT2D eigenvalue weighted by atomic mass is 79.9. The number of hydrogen-bond donors (Lipinski definition) is 0. The van der Waals surface area contributed by atoms with Gasteiger partial charge in [0.15, 0.2) is 0 Å². The third-order valence-corrected chi connectivity index (χ3v) is 6.34. The maximum Gasteiger partial charge on any atom is 0.270 e. The Morgan fingerprint density at radius 3 is 2.34 bits per heavy atom. The Labute approximate surface area is 210 Å². The summed E-state index contributed by atoms with van der Waals surface area (Å²) in [5, 5.41) is 11.0. The van der Waals surface area contributed by atoms with Crippen molar-refractivity contribution in [1.82, 2.24) is 4.90 Å². The largest absolute Gasteiger partial charge is 0.457 e. The van der Waals surface area contributed by atoms with Gasteiger partial charge in [-0.15, -0.1) is 0 Å². The third-order valence-electron chi connectivity index (χ3n) is 5.68. The molecule has 0 radical (unpaired) electrons. The number of nitrogens with zero attached hydrogens (tertiary/aromatic N) is 2. The Hall–Kier alpha value is -4.23. The molecule has 1 aliphatic heterocycles. The van der Waals surface area contributed by atoms with Crippen LogP contribution in [0.5, 0.6) is 0 Å². The zero-order valence-electron chi connectivity index (χ0n) is 18.4.